The Bertz CT molecular complexity index is 607. The molecule has 0 bridgehead atoms. The van der Waals surface area contributed by atoms with E-state index in [4.69, 9.17) is 5.73 Å². The van der Waals surface area contributed by atoms with Gasteiger partial charge in [-0.25, -0.2) is 0 Å². The van der Waals surface area contributed by atoms with Crippen molar-refractivity contribution >= 4 is 44.8 Å². The molecule has 3 nitrogen and oxygen atoms in total. The average molecular weight is 294 g/mol. The van der Waals surface area contributed by atoms with E-state index in [1.165, 1.54) is 11.3 Å². The van der Waals surface area contributed by atoms with E-state index in [9.17, 15) is 4.79 Å². The van der Waals surface area contributed by atoms with Crippen LogP contribution in [0.4, 0.5) is 5.69 Å². The number of hydrogen-bond acceptors (Lipinski definition) is 4. The van der Waals surface area contributed by atoms with Gasteiger partial charge >= 0.3 is 0 Å². The van der Waals surface area contributed by atoms with Crippen molar-refractivity contribution in [2.45, 2.75) is 19.1 Å². The van der Waals surface area contributed by atoms with Gasteiger partial charge in [-0.15, -0.1) is 11.3 Å². The van der Waals surface area contributed by atoms with Crippen molar-refractivity contribution < 1.29 is 4.79 Å². The van der Waals surface area contributed by atoms with Crippen molar-refractivity contribution in [3.05, 3.63) is 28.6 Å². The van der Waals surface area contributed by atoms with Crippen LogP contribution in [0.2, 0.25) is 0 Å². The molecule has 0 aliphatic rings. The molecular formula is C14H18N2OS2. The van der Waals surface area contributed by atoms with E-state index in [2.05, 4.69) is 12.2 Å². The van der Waals surface area contributed by atoms with Crippen LogP contribution in [0, 0.1) is 6.92 Å². The van der Waals surface area contributed by atoms with Gasteiger partial charge in [-0.2, -0.15) is 11.8 Å². The number of thioether (sulfide) groups is 1. The number of carbonyl (C=O) groups is 1. The molecule has 0 spiro atoms. The Morgan fingerprint density at radius 1 is 1.53 bits per heavy atom. The van der Waals surface area contributed by atoms with Crippen LogP contribution in [0.25, 0.3) is 10.1 Å². The summed E-state index contributed by atoms with van der Waals surface area (Å²) in [5, 5.41) is 4.33. The number of fused-ring (bicyclic) bond motifs is 1. The van der Waals surface area contributed by atoms with E-state index in [0.717, 1.165) is 15.6 Å². The molecule has 3 N–H and O–H groups in total. The normalized spacial score (nSPS) is 12.6. The van der Waals surface area contributed by atoms with E-state index >= 15 is 0 Å². The van der Waals surface area contributed by atoms with Crippen molar-refractivity contribution in [3.8, 4) is 0 Å². The maximum atomic E-state index is 12.2. The smallest absolute Gasteiger partial charge is 0.263 e. The summed E-state index contributed by atoms with van der Waals surface area (Å²) in [6.07, 6.45) is 2.04. The van der Waals surface area contributed by atoms with E-state index in [-0.39, 0.29) is 5.91 Å². The second-order valence-electron chi connectivity index (χ2n) is 4.55. The van der Waals surface area contributed by atoms with Crippen LogP contribution in [0.15, 0.2) is 18.2 Å². The Hall–Kier alpha value is -1.20. The highest BCUT2D eigenvalue weighted by atomic mass is 32.2. The number of nitrogen functional groups attached to an aromatic ring is 1. The number of anilines is 1. The molecule has 5 heteroatoms. The highest BCUT2D eigenvalue weighted by molar-refractivity contribution is 7.99. The average Bonchev–Trinajstić information content (AvgIpc) is 2.75. The molecule has 1 heterocycles. The van der Waals surface area contributed by atoms with Gasteiger partial charge in [-0.3, -0.25) is 4.79 Å². The predicted octanol–water partition coefficient (Wildman–Crippen LogP) is 3.27. The lowest BCUT2D eigenvalue weighted by Crippen LogP contribution is -2.29. The first-order valence-corrected chi connectivity index (χ1v) is 8.23. The van der Waals surface area contributed by atoms with Gasteiger partial charge in [0.2, 0.25) is 0 Å². The molecule has 1 unspecified atom stereocenters. The molecule has 1 aromatic carbocycles. The Kier molecular flexibility index (Phi) is 4.37. The Morgan fingerprint density at radius 3 is 2.89 bits per heavy atom. The molecule has 0 saturated carbocycles. The molecule has 1 aromatic heterocycles. The molecule has 0 saturated heterocycles. The van der Waals surface area contributed by atoms with E-state index < -0.39 is 0 Å². The summed E-state index contributed by atoms with van der Waals surface area (Å²) < 4.78 is 1.10. The summed E-state index contributed by atoms with van der Waals surface area (Å²) in [6.45, 7) is 4.78. The van der Waals surface area contributed by atoms with E-state index in [1.807, 2.05) is 31.4 Å². The number of thiophene rings is 1. The lowest BCUT2D eigenvalue weighted by Gasteiger charge is -2.09. The van der Waals surface area contributed by atoms with Crippen LogP contribution < -0.4 is 11.1 Å². The second-order valence-corrected chi connectivity index (χ2v) is 6.85. The van der Waals surface area contributed by atoms with E-state index in [0.29, 0.717) is 22.4 Å². The van der Waals surface area contributed by atoms with Crippen LogP contribution in [-0.4, -0.2) is 24.0 Å². The minimum atomic E-state index is -0.0704. The standard InChI is InChI=1S/C14H18N2OS2/c1-8-5-4-6-10-11(15)13(19-12(8)10)14(17)16-7-9(2)18-3/h4-6,9H,7,15H2,1-3H3,(H,16,17). The topological polar surface area (TPSA) is 55.1 Å². The molecule has 102 valence electrons. The molecule has 19 heavy (non-hydrogen) atoms. The zero-order chi connectivity index (χ0) is 14.0. The third-order valence-corrected chi connectivity index (χ3v) is 5.44. The number of carbonyl (C=O) groups excluding carboxylic acids is 1. The molecule has 1 atom stereocenters. The van der Waals surface area contributed by atoms with Gasteiger partial charge in [0.05, 0.1) is 5.69 Å². The second kappa shape index (κ2) is 5.84. The van der Waals surface area contributed by atoms with Gasteiger partial charge in [-0.1, -0.05) is 25.1 Å². The number of amides is 1. The quantitative estimate of drug-likeness (QED) is 0.910. The summed E-state index contributed by atoms with van der Waals surface area (Å²) in [7, 11) is 0. The molecule has 0 aliphatic carbocycles. The van der Waals surface area contributed by atoms with Crippen molar-refractivity contribution in [1.82, 2.24) is 5.32 Å². The molecule has 0 radical (unpaired) electrons. The van der Waals surface area contributed by atoms with Crippen molar-refractivity contribution in [1.29, 1.82) is 0 Å². The van der Waals surface area contributed by atoms with Crippen LogP contribution in [0.3, 0.4) is 0 Å². The fraction of sp³-hybridized carbons (Fsp3) is 0.357. The zero-order valence-corrected chi connectivity index (χ0v) is 13.0. The number of nitrogens with two attached hydrogens (primary N) is 1. The molecular weight excluding hydrogens is 276 g/mol. The van der Waals surface area contributed by atoms with Gasteiger partial charge < -0.3 is 11.1 Å². The lowest BCUT2D eigenvalue weighted by atomic mass is 10.1. The maximum Gasteiger partial charge on any atom is 0.263 e. The predicted molar refractivity (Wildman–Crippen MR) is 86.3 cm³/mol. The lowest BCUT2D eigenvalue weighted by molar-refractivity contribution is 0.0959. The highest BCUT2D eigenvalue weighted by Gasteiger charge is 2.17. The Labute approximate surface area is 121 Å². The summed E-state index contributed by atoms with van der Waals surface area (Å²) >= 11 is 3.21. The number of hydrogen-bond donors (Lipinski definition) is 2. The molecule has 2 aromatic rings. The SMILES string of the molecule is CSC(C)CNC(=O)c1sc2c(C)cccc2c1N. The minimum absolute atomic E-state index is 0.0704. The first-order valence-electron chi connectivity index (χ1n) is 6.13. The third-order valence-electron chi connectivity index (χ3n) is 3.11. The number of rotatable bonds is 4. The van der Waals surface area contributed by atoms with Gasteiger partial charge in [0.25, 0.3) is 5.91 Å². The van der Waals surface area contributed by atoms with Crippen LogP contribution >= 0.6 is 23.1 Å². The van der Waals surface area contributed by atoms with Crippen LogP contribution in [0.5, 0.6) is 0 Å². The summed E-state index contributed by atoms with van der Waals surface area (Å²) in [5.74, 6) is -0.0704. The van der Waals surface area contributed by atoms with Crippen molar-refractivity contribution in [3.63, 3.8) is 0 Å². The summed E-state index contributed by atoms with van der Waals surface area (Å²) in [6, 6.07) is 5.98. The Morgan fingerprint density at radius 2 is 2.26 bits per heavy atom. The van der Waals surface area contributed by atoms with Crippen molar-refractivity contribution in [2.24, 2.45) is 0 Å². The third kappa shape index (κ3) is 2.87. The Balaban J connectivity index is 2.28. The van der Waals surface area contributed by atoms with Gasteiger partial charge in [0, 0.05) is 21.9 Å². The van der Waals surface area contributed by atoms with Gasteiger partial charge in [0.1, 0.15) is 4.88 Å². The first kappa shape index (κ1) is 14.2. The van der Waals surface area contributed by atoms with Crippen LogP contribution in [-0.2, 0) is 0 Å². The molecule has 0 fully saturated rings. The summed E-state index contributed by atoms with van der Waals surface area (Å²) in [4.78, 5) is 12.8. The largest absolute Gasteiger partial charge is 0.397 e. The van der Waals surface area contributed by atoms with Crippen LogP contribution in [0.1, 0.15) is 22.2 Å². The zero-order valence-electron chi connectivity index (χ0n) is 11.3. The molecule has 0 aliphatic heterocycles. The van der Waals surface area contributed by atoms with Gasteiger partial charge in [0.15, 0.2) is 0 Å². The maximum absolute atomic E-state index is 12.2. The van der Waals surface area contributed by atoms with E-state index in [1.54, 1.807) is 11.8 Å². The molecule has 1 amide bonds. The number of aryl methyl sites for hydroxylation is 1. The fourth-order valence-corrected chi connectivity index (χ4v) is 3.20. The summed E-state index contributed by atoms with van der Waals surface area (Å²) in [5.41, 5.74) is 7.85. The minimum Gasteiger partial charge on any atom is -0.397 e. The molecule has 2 rings (SSSR count). The fourth-order valence-electron chi connectivity index (χ4n) is 1.85. The number of benzene rings is 1. The first-order chi connectivity index (χ1) is 9.04. The number of nitrogens with one attached hydrogen (secondary N) is 1. The van der Waals surface area contributed by atoms with Crippen molar-refractivity contribution in [2.75, 3.05) is 18.5 Å². The van der Waals surface area contributed by atoms with Gasteiger partial charge in [-0.05, 0) is 18.7 Å². The highest BCUT2D eigenvalue weighted by Crippen LogP contribution is 2.35. The monoisotopic (exact) mass is 294 g/mol.